The lowest BCUT2D eigenvalue weighted by Crippen LogP contribution is -2.28. The second kappa shape index (κ2) is 6.41. The fraction of sp³-hybridized carbons (Fsp3) is 0.0370. The molecule has 138 valence electrons. The molecule has 1 aromatic heterocycles. The van der Waals surface area contributed by atoms with E-state index in [-0.39, 0.29) is 5.41 Å². The van der Waals surface area contributed by atoms with Gasteiger partial charge in [0.15, 0.2) is 0 Å². The van der Waals surface area contributed by atoms with Crippen LogP contribution in [0.5, 0.6) is 0 Å². The van der Waals surface area contributed by atoms with Gasteiger partial charge in [-0.1, -0.05) is 101 Å². The first-order chi connectivity index (χ1) is 14.3. The Morgan fingerprint density at radius 3 is 2.24 bits per heavy atom. The van der Waals surface area contributed by atoms with Crippen LogP contribution in [0.2, 0.25) is 0 Å². The largest absolute Gasteiger partial charge is 0.135 e. The van der Waals surface area contributed by atoms with Gasteiger partial charge in [-0.2, -0.15) is 0 Å². The van der Waals surface area contributed by atoms with Crippen molar-refractivity contribution in [2.75, 3.05) is 0 Å². The minimum Gasteiger partial charge on any atom is -0.135 e. The second-order valence-electron chi connectivity index (χ2n) is 7.47. The quantitative estimate of drug-likeness (QED) is 0.249. The van der Waals surface area contributed by atoms with Crippen LogP contribution in [0.15, 0.2) is 108 Å². The van der Waals surface area contributed by atoms with Crippen LogP contribution in [-0.4, -0.2) is 0 Å². The first kappa shape index (κ1) is 17.2. The second-order valence-corrected chi connectivity index (χ2v) is 9.44. The summed E-state index contributed by atoms with van der Waals surface area (Å²) in [6.45, 7) is 0. The van der Waals surface area contributed by atoms with Gasteiger partial charge in [-0.05, 0) is 51.4 Å². The lowest BCUT2D eigenvalue weighted by atomic mass is 9.67. The van der Waals surface area contributed by atoms with Gasteiger partial charge in [0.2, 0.25) is 0 Å². The Morgan fingerprint density at radius 2 is 1.38 bits per heavy atom. The van der Waals surface area contributed by atoms with Gasteiger partial charge in [0.25, 0.3) is 0 Å². The summed E-state index contributed by atoms with van der Waals surface area (Å²) in [6.07, 6.45) is 0. The molecule has 0 spiro atoms. The monoisotopic (exact) mass is 452 g/mol. The van der Waals surface area contributed by atoms with Crippen LogP contribution in [0.4, 0.5) is 0 Å². The molecular formula is C27H17BrS. The molecule has 0 saturated carbocycles. The summed E-state index contributed by atoms with van der Waals surface area (Å²) >= 11 is 5.64. The molecule has 0 bridgehead atoms. The molecule has 0 amide bonds. The van der Waals surface area contributed by atoms with E-state index in [4.69, 9.17) is 0 Å². The summed E-state index contributed by atoms with van der Waals surface area (Å²) < 4.78 is 2.46. The minimum absolute atomic E-state index is 0.323. The molecule has 5 aromatic rings. The molecule has 29 heavy (non-hydrogen) atoms. The fourth-order valence-electron chi connectivity index (χ4n) is 4.93. The molecule has 6 rings (SSSR count). The highest BCUT2D eigenvalue weighted by atomic mass is 79.9. The van der Waals surface area contributed by atoms with E-state index < -0.39 is 0 Å². The van der Waals surface area contributed by atoms with E-state index in [0.29, 0.717) is 0 Å². The average Bonchev–Trinajstić information content (AvgIpc) is 3.28. The van der Waals surface area contributed by atoms with Gasteiger partial charge in [0, 0.05) is 14.0 Å². The Balaban J connectivity index is 1.87. The zero-order valence-electron chi connectivity index (χ0n) is 15.6. The van der Waals surface area contributed by atoms with E-state index in [2.05, 4.69) is 119 Å². The molecule has 0 aliphatic heterocycles. The average molecular weight is 453 g/mol. The number of hydrogen-bond acceptors (Lipinski definition) is 1. The van der Waals surface area contributed by atoms with Crippen molar-refractivity contribution in [1.29, 1.82) is 0 Å². The molecule has 1 atom stereocenters. The number of halogens is 1. The van der Waals surface area contributed by atoms with Crippen LogP contribution in [0, 0.1) is 0 Å². The van der Waals surface area contributed by atoms with Crippen molar-refractivity contribution in [3.8, 4) is 10.4 Å². The van der Waals surface area contributed by atoms with Crippen LogP contribution in [0.1, 0.15) is 22.3 Å². The maximum Gasteiger partial charge on any atom is 0.0728 e. The first-order valence-corrected chi connectivity index (χ1v) is 11.3. The Bertz CT molecular complexity index is 1370. The molecular weight excluding hydrogens is 436 g/mol. The molecule has 1 aliphatic carbocycles. The van der Waals surface area contributed by atoms with E-state index in [1.165, 1.54) is 42.8 Å². The van der Waals surface area contributed by atoms with Crippen LogP contribution in [0.3, 0.4) is 0 Å². The summed E-state index contributed by atoms with van der Waals surface area (Å²) in [5.74, 6) is 0. The normalized spacial score (nSPS) is 17.3. The number of rotatable bonds is 2. The van der Waals surface area contributed by atoms with Crippen LogP contribution >= 0.6 is 27.3 Å². The number of hydrogen-bond donors (Lipinski definition) is 0. The third-order valence-corrected chi connectivity index (χ3v) is 7.71. The van der Waals surface area contributed by atoms with Crippen molar-refractivity contribution in [3.05, 3.63) is 130 Å². The molecule has 1 heterocycles. The van der Waals surface area contributed by atoms with E-state index >= 15 is 0 Å². The molecule has 0 N–H and O–H groups in total. The third-order valence-electron chi connectivity index (χ3n) is 6.01. The highest BCUT2D eigenvalue weighted by molar-refractivity contribution is 9.10. The molecule has 0 radical (unpaired) electrons. The van der Waals surface area contributed by atoms with E-state index in [1.54, 1.807) is 0 Å². The highest BCUT2D eigenvalue weighted by Crippen LogP contribution is 2.60. The smallest absolute Gasteiger partial charge is 0.0728 e. The lowest BCUT2D eigenvalue weighted by Gasteiger charge is -2.34. The summed E-state index contributed by atoms with van der Waals surface area (Å²) in [4.78, 5) is 1.39. The van der Waals surface area contributed by atoms with Crippen molar-refractivity contribution < 1.29 is 0 Å². The summed E-state index contributed by atoms with van der Waals surface area (Å²) in [5.41, 5.74) is 6.43. The van der Waals surface area contributed by atoms with Crippen LogP contribution in [-0.2, 0) is 5.41 Å². The minimum atomic E-state index is -0.323. The number of thiophene rings is 1. The Hall–Kier alpha value is -2.68. The van der Waals surface area contributed by atoms with Gasteiger partial charge in [0.05, 0.1) is 5.41 Å². The van der Waals surface area contributed by atoms with Crippen molar-refractivity contribution in [1.82, 2.24) is 0 Å². The standard InChI is InChI=1S/C27H17BrS/c28-20-12-8-11-19(17-20)27(18-9-2-1-3-10-18)23-15-6-4-13-21(23)26-25(27)22-14-5-7-16-24(22)29-26/h1-17H. The maximum absolute atomic E-state index is 3.73. The predicted octanol–water partition coefficient (Wildman–Crippen LogP) is 8.03. The van der Waals surface area contributed by atoms with Crippen molar-refractivity contribution in [2.45, 2.75) is 5.41 Å². The lowest BCUT2D eigenvalue weighted by molar-refractivity contribution is 0.776. The Morgan fingerprint density at radius 1 is 0.655 bits per heavy atom. The third kappa shape index (κ3) is 2.30. The Kier molecular flexibility index (Phi) is 3.80. The highest BCUT2D eigenvalue weighted by Gasteiger charge is 2.48. The van der Waals surface area contributed by atoms with E-state index in [1.807, 2.05) is 11.3 Å². The van der Waals surface area contributed by atoms with Gasteiger partial charge >= 0.3 is 0 Å². The molecule has 0 fully saturated rings. The summed E-state index contributed by atoms with van der Waals surface area (Å²) in [6, 6.07) is 37.6. The van der Waals surface area contributed by atoms with Gasteiger partial charge in [-0.3, -0.25) is 0 Å². The number of fused-ring (bicyclic) bond motifs is 5. The summed E-state index contributed by atoms with van der Waals surface area (Å²) in [5, 5.41) is 1.35. The molecule has 4 aromatic carbocycles. The Labute approximate surface area is 182 Å². The van der Waals surface area contributed by atoms with Crippen LogP contribution < -0.4 is 0 Å². The molecule has 2 heteroatoms. The molecule has 1 aliphatic rings. The zero-order chi connectivity index (χ0) is 19.4. The van der Waals surface area contributed by atoms with Crippen molar-refractivity contribution in [3.63, 3.8) is 0 Å². The number of benzene rings is 4. The first-order valence-electron chi connectivity index (χ1n) is 9.73. The summed E-state index contributed by atoms with van der Waals surface area (Å²) in [7, 11) is 0. The molecule has 1 unspecified atom stereocenters. The predicted molar refractivity (Wildman–Crippen MR) is 127 cm³/mol. The van der Waals surface area contributed by atoms with Gasteiger partial charge in [0.1, 0.15) is 0 Å². The fourth-order valence-corrected chi connectivity index (χ4v) is 6.63. The van der Waals surface area contributed by atoms with Gasteiger partial charge < -0.3 is 0 Å². The van der Waals surface area contributed by atoms with Crippen molar-refractivity contribution >= 4 is 37.4 Å². The van der Waals surface area contributed by atoms with Crippen molar-refractivity contribution in [2.24, 2.45) is 0 Å². The SMILES string of the molecule is Brc1cccc(C2(c3ccccc3)c3ccccc3-c3sc4ccccc4c32)c1. The van der Waals surface area contributed by atoms with Gasteiger partial charge in [-0.15, -0.1) is 11.3 Å². The van der Waals surface area contributed by atoms with E-state index in [9.17, 15) is 0 Å². The van der Waals surface area contributed by atoms with Crippen LogP contribution in [0.25, 0.3) is 20.5 Å². The maximum atomic E-state index is 3.73. The molecule has 0 saturated heterocycles. The van der Waals surface area contributed by atoms with E-state index in [0.717, 1.165) is 4.47 Å². The molecule has 0 nitrogen and oxygen atoms in total. The topological polar surface area (TPSA) is 0 Å². The van der Waals surface area contributed by atoms with Gasteiger partial charge in [-0.25, -0.2) is 0 Å². The zero-order valence-corrected chi connectivity index (χ0v) is 18.0.